The zero-order valence-corrected chi connectivity index (χ0v) is 15.5. The molecule has 0 fully saturated rings. The summed E-state index contributed by atoms with van der Waals surface area (Å²) in [7, 11) is 1.68. The van der Waals surface area contributed by atoms with E-state index >= 15 is 0 Å². The molecule has 0 spiro atoms. The third-order valence-electron chi connectivity index (χ3n) is 4.16. The average molecular weight is 357 g/mol. The zero-order valence-electron chi connectivity index (χ0n) is 15.5. The van der Waals surface area contributed by atoms with E-state index in [1.165, 1.54) is 6.07 Å². The van der Waals surface area contributed by atoms with Gasteiger partial charge >= 0.3 is 0 Å². The minimum absolute atomic E-state index is 0.0235. The normalized spacial score (nSPS) is 10.7. The number of hydrogen-bond donors (Lipinski definition) is 2. The Morgan fingerprint density at radius 3 is 2.27 bits per heavy atom. The Bertz CT molecular complexity index is 821. The molecule has 0 heterocycles. The summed E-state index contributed by atoms with van der Waals surface area (Å²) < 4.78 is 13.5. The molecule has 0 radical (unpaired) electrons. The number of rotatable bonds is 6. The summed E-state index contributed by atoms with van der Waals surface area (Å²) in [6.07, 6.45) is 0. The van der Waals surface area contributed by atoms with Crippen LogP contribution in [-0.4, -0.2) is 36.9 Å². The van der Waals surface area contributed by atoms with Crippen molar-refractivity contribution < 1.29 is 14.0 Å². The van der Waals surface area contributed by atoms with Gasteiger partial charge in [-0.2, -0.15) is 0 Å². The van der Waals surface area contributed by atoms with Crippen molar-refractivity contribution in [2.45, 2.75) is 20.8 Å². The van der Waals surface area contributed by atoms with Gasteiger partial charge in [-0.15, -0.1) is 0 Å². The Kier molecular flexibility index (Phi) is 6.46. The lowest BCUT2D eigenvalue weighted by molar-refractivity contribution is -0.119. The number of carbonyl (C=O) groups excluding carboxylic acids is 2. The smallest absolute Gasteiger partial charge is 0.238 e. The quantitative estimate of drug-likeness (QED) is 0.834. The highest BCUT2D eigenvalue weighted by molar-refractivity contribution is 5.95. The predicted octanol–water partition coefficient (Wildman–Crippen LogP) is 3.26. The van der Waals surface area contributed by atoms with Gasteiger partial charge in [-0.3, -0.25) is 14.5 Å². The highest BCUT2D eigenvalue weighted by Gasteiger charge is 2.12. The van der Waals surface area contributed by atoms with E-state index in [-0.39, 0.29) is 30.7 Å². The Labute approximate surface area is 153 Å². The fourth-order valence-corrected chi connectivity index (χ4v) is 2.49. The van der Waals surface area contributed by atoms with Crippen molar-refractivity contribution in [1.29, 1.82) is 0 Å². The van der Waals surface area contributed by atoms with Crippen LogP contribution in [0, 0.1) is 26.6 Å². The number of amides is 2. The molecule has 0 aliphatic heterocycles. The second-order valence-electron chi connectivity index (χ2n) is 6.48. The van der Waals surface area contributed by atoms with Crippen molar-refractivity contribution in [3.63, 3.8) is 0 Å². The topological polar surface area (TPSA) is 61.4 Å². The molecule has 2 aromatic carbocycles. The van der Waals surface area contributed by atoms with Gasteiger partial charge in [-0.25, -0.2) is 4.39 Å². The third kappa shape index (κ3) is 5.39. The minimum atomic E-state index is -0.371. The molecule has 2 N–H and O–H groups in total. The zero-order chi connectivity index (χ0) is 19.3. The Morgan fingerprint density at radius 1 is 0.962 bits per heavy atom. The highest BCUT2D eigenvalue weighted by atomic mass is 19.1. The van der Waals surface area contributed by atoms with Crippen molar-refractivity contribution >= 4 is 23.2 Å². The van der Waals surface area contributed by atoms with E-state index < -0.39 is 0 Å². The first-order valence-corrected chi connectivity index (χ1v) is 8.37. The van der Waals surface area contributed by atoms with Crippen molar-refractivity contribution in [1.82, 2.24) is 4.90 Å². The molecular weight excluding hydrogens is 333 g/mol. The van der Waals surface area contributed by atoms with Gasteiger partial charge in [0.15, 0.2) is 0 Å². The van der Waals surface area contributed by atoms with Gasteiger partial charge in [-0.1, -0.05) is 18.2 Å². The van der Waals surface area contributed by atoms with Crippen LogP contribution in [0.3, 0.4) is 0 Å². The number of hydrogen-bond acceptors (Lipinski definition) is 3. The molecular formula is C20H24FN3O2. The molecule has 0 unspecified atom stereocenters. The Hall–Kier alpha value is -2.73. The number of aryl methyl sites for hydroxylation is 2. The molecule has 0 atom stereocenters. The van der Waals surface area contributed by atoms with E-state index in [1.807, 2.05) is 32.0 Å². The van der Waals surface area contributed by atoms with Gasteiger partial charge in [0.2, 0.25) is 11.8 Å². The first-order valence-electron chi connectivity index (χ1n) is 8.37. The maximum Gasteiger partial charge on any atom is 0.238 e. The lowest BCUT2D eigenvalue weighted by Crippen LogP contribution is -2.36. The van der Waals surface area contributed by atoms with E-state index in [2.05, 4.69) is 10.6 Å². The van der Waals surface area contributed by atoms with Crippen LogP contribution < -0.4 is 10.6 Å². The van der Waals surface area contributed by atoms with Crippen LogP contribution in [0.1, 0.15) is 16.7 Å². The molecule has 2 aromatic rings. The van der Waals surface area contributed by atoms with Crippen molar-refractivity contribution in [2.24, 2.45) is 0 Å². The predicted molar refractivity (Wildman–Crippen MR) is 102 cm³/mol. The summed E-state index contributed by atoms with van der Waals surface area (Å²) in [5, 5.41) is 5.48. The third-order valence-corrected chi connectivity index (χ3v) is 4.16. The first kappa shape index (κ1) is 19.6. The lowest BCUT2D eigenvalue weighted by atomic mass is 10.1. The van der Waals surface area contributed by atoms with E-state index in [0.29, 0.717) is 11.3 Å². The minimum Gasteiger partial charge on any atom is -0.325 e. The maximum absolute atomic E-state index is 13.5. The van der Waals surface area contributed by atoms with Gasteiger partial charge in [-0.05, 0) is 62.7 Å². The van der Waals surface area contributed by atoms with Crippen LogP contribution in [0.4, 0.5) is 15.8 Å². The molecule has 26 heavy (non-hydrogen) atoms. The summed E-state index contributed by atoms with van der Waals surface area (Å²) in [5.41, 5.74) is 3.79. The summed E-state index contributed by atoms with van der Waals surface area (Å²) in [6, 6.07) is 10.2. The number of nitrogens with one attached hydrogen (secondary N) is 2. The van der Waals surface area contributed by atoms with Crippen LogP contribution >= 0.6 is 0 Å². The van der Waals surface area contributed by atoms with Crippen molar-refractivity contribution in [3.05, 3.63) is 58.9 Å². The van der Waals surface area contributed by atoms with Gasteiger partial charge in [0.1, 0.15) is 5.82 Å². The number of carbonyl (C=O) groups is 2. The molecule has 2 rings (SSSR count). The van der Waals surface area contributed by atoms with Crippen molar-refractivity contribution in [3.8, 4) is 0 Å². The van der Waals surface area contributed by atoms with Crippen LogP contribution in [0.25, 0.3) is 0 Å². The number of nitrogens with zero attached hydrogens (tertiary/aromatic N) is 1. The molecule has 0 aliphatic carbocycles. The second-order valence-corrected chi connectivity index (χ2v) is 6.48. The van der Waals surface area contributed by atoms with E-state index in [0.717, 1.165) is 16.8 Å². The highest BCUT2D eigenvalue weighted by Crippen LogP contribution is 2.18. The average Bonchev–Trinajstić information content (AvgIpc) is 2.55. The van der Waals surface area contributed by atoms with Crippen molar-refractivity contribution in [2.75, 3.05) is 30.8 Å². The van der Waals surface area contributed by atoms with E-state index in [4.69, 9.17) is 0 Å². The molecule has 0 aromatic heterocycles. The first-order chi connectivity index (χ1) is 12.3. The van der Waals surface area contributed by atoms with Gasteiger partial charge in [0.25, 0.3) is 0 Å². The number of benzene rings is 2. The SMILES string of the molecule is Cc1ccc(NC(=O)CN(C)CC(=O)Nc2cccc(C)c2C)cc1F. The molecule has 0 aliphatic rings. The van der Waals surface area contributed by atoms with Gasteiger partial charge in [0.05, 0.1) is 13.1 Å². The van der Waals surface area contributed by atoms with Gasteiger partial charge < -0.3 is 10.6 Å². The van der Waals surface area contributed by atoms with Crippen LogP contribution in [-0.2, 0) is 9.59 Å². The fourth-order valence-electron chi connectivity index (χ4n) is 2.49. The molecule has 2 amide bonds. The Morgan fingerprint density at radius 2 is 1.62 bits per heavy atom. The molecule has 138 valence electrons. The lowest BCUT2D eigenvalue weighted by Gasteiger charge is -2.17. The molecule has 0 saturated heterocycles. The monoisotopic (exact) mass is 357 g/mol. The summed E-state index contributed by atoms with van der Waals surface area (Å²) in [4.78, 5) is 25.8. The maximum atomic E-state index is 13.5. The summed E-state index contributed by atoms with van der Waals surface area (Å²) >= 11 is 0. The number of anilines is 2. The Balaban J connectivity index is 1.86. The van der Waals surface area contributed by atoms with Crippen LogP contribution in [0.15, 0.2) is 36.4 Å². The molecule has 5 nitrogen and oxygen atoms in total. The van der Waals surface area contributed by atoms with Gasteiger partial charge in [0, 0.05) is 11.4 Å². The second kappa shape index (κ2) is 8.58. The largest absolute Gasteiger partial charge is 0.325 e. The van der Waals surface area contributed by atoms with Crippen LogP contribution in [0.2, 0.25) is 0 Å². The van der Waals surface area contributed by atoms with Crippen LogP contribution in [0.5, 0.6) is 0 Å². The molecule has 0 bridgehead atoms. The summed E-state index contributed by atoms with van der Waals surface area (Å²) in [6.45, 7) is 5.68. The molecule has 6 heteroatoms. The summed E-state index contributed by atoms with van der Waals surface area (Å²) in [5.74, 6) is -0.880. The number of halogens is 1. The van der Waals surface area contributed by atoms with E-state index in [1.54, 1.807) is 31.0 Å². The molecule has 0 saturated carbocycles. The fraction of sp³-hybridized carbons (Fsp3) is 0.300. The standard InChI is InChI=1S/C20H24FN3O2/c1-13-6-5-7-18(15(13)3)23-20(26)12-24(4)11-19(25)22-16-9-8-14(2)17(21)10-16/h5-10H,11-12H2,1-4H3,(H,22,25)(H,23,26). The van der Waals surface area contributed by atoms with E-state index in [9.17, 15) is 14.0 Å². The number of likely N-dealkylation sites (N-methyl/N-ethyl adjacent to an activating group) is 1.